The third kappa shape index (κ3) is 1.53. The summed E-state index contributed by atoms with van der Waals surface area (Å²) in [5.74, 6) is 0.397. The lowest BCUT2D eigenvalue weighted by Crippen LogP contribution is -2.09. The minimum absolute atomic E-state index is 0.226. The predicted molar refractivity (Wildman–Crippen MR) is 49.8 cm³/mol. The van der Waals surface area contributed by atoms with E-state index in [9.17, 15) is 4.79 Å². The van der Waals surface area contributed by atoms with Crippen molar-refractivity contribution in [3.63, 3.8) is 0 Å². The summed E-state index contributed by atoms with van der Waals surface area (Å²) in [5.41, 5.74) is 6.79. The molecule has 2 N–H and O–H groups in total. The van der Waals surface area contributed by atoms with Crippen molar-refractivity contribution in [1.29, 1.82) is 0 Å². The van der Waals surface area contributed by atoms with Gasteiger partial charge >= 0.3 is 5.97 Å². The van der Waals surface area contributed by atoms with Gasteiger partial charge in [-0.2, -0.15) is 0 Å². The van der Waals surface area contributed by atoms with Gasteiger partial charge in [0, 0.05) is 5.56 Å². The van der Waals surface area contributed by atoms with Crippen LogP contribution in [0.4, 0.5) is 5.82 Å². The fraction of sp³-hybridized carbons (Fsp3) is 0.444. The number of carbonyl (C=O) groups is 1. The van der Waals surface area contributed by atoms with E-state index in [4.69, 9.17) is 5.73 Å². The summed E-state index contributed by atoms with van der Waals surface area (Å²) in [6.07, 6.45) is 2.22. The van der Waals surface area contributed by atoms with Crippen molar-refractivity contribution in [2.75, 3.05) is 12.8 Å². The summed E-state index contributed by atoms with van der Waals surface area (Å²) in [6.45, 7) is 0. The smallest absolute Gasteiger partial charge is 0.358 e. The van der Waals surface area contributed by atoms with Crippen molar-refractivity contribution >= 4 is 11.8 Å². The zero-order valence-electron chi connectivity index (χ0n) is 7.86. The fourth-order valence-electron chi connectivity index (χ4n) is 1.34. The van der Waals surface area contributed by atoms with Gasteiger partial charge < -0.3 is 10.5 Å². The summed E-state index contributed by atoms with van der Waals surface area (Å²) < 4.78 is 4.55. The molecule has 1 aliphatic rings. The summed E-state index contributed by atoms with van der Waals surface area (Å²) >= 11 is 0. The normalized spacial score (nSPS) is 15.2. The molecular formula is C9H11N3O2. The summed E-state index contributed by atoms with van der Waals surface area (Å²) in [7, 11) is 1.32. The molecule has 0 bridgehead atoms. The highest BCUT2D eigenvalue weighted by atomic mass is 16.5. The molecular weight excluding hydrogens is 182 g/mol. The molecule has 1 aromatic rings. The number of nitrogen functional groups attached to an aromatic ring is 1. The zero-order valence-corrected chi connectivity index (χ0v) is 7.86. The number of anilines is 1. The first-order valence-corrected chi connectivity index (χ1v) is 4.43. The lowest BCUT2D eigenvalue weighted by Gasteiger charge is -2.03. The maximum atomic E-state index is 11.2. The molecule has 1 aliphatic carbocycles. The molecule has 0 atom stereocenters. The van der Waals surface area contributed by atoms with Crippen LogP contribution in [0, 0.1) is 0 Å². The Labute approximate surface area is 81.3 Å². The van der Waals surface area contributed by atoms with Crippen LogP contribution in [0.3, 0.4) is 0 Å². The van der Waals surface area contributed by atoms with Crippen molar-refractivity contribution in [3.05, 3.63) is 17.3 Å². The maximum Gasteiger partial charge on any atom is 0.358 e. The first-order chi connectivity index (χ1) is 6.72. The minimum atomic E-state index is -0.473. The summed E-state index contributed by atoms with van der Waals surface area (Å²) in [5, 5.41) is 7.41. The third-order valence-electron chi connectivity index (χ3n) is 2.27. The predicted octanol–water partition coefficient (Wildman–Crippen LogP) is 0.723. The van der Waals surface area contributed by atoms with Gasteiger partial charge in [-0.05, 0) is 24.8 Å². The largest absolute Gasteiger partial charge is 0.464 e. The second-order valence-electron chi connectivity index (χ2n) is 3.34. The van der Waals surface area contributed by atoms with E-state index in [1.165, 1.54) is 7.11 Å². The van der Waals surface area contributed by atoms with Crippen LogP contribution in [0.25, 0.3) is 0 Å². The van der Waals surface area contributed by atoms with Crippen molar-refractivity contribution in [2.45, 2.75) is 18.8 Å². The molecule has 5 nitrogen and oxygen atoms in total. The van der Waals surface area contributed by atoms with Gasteiger partial charge in [0.05, 0.1) is 7.11 Å². The molecule has 2 rings (SSSR count). The second kappa shape index (κ2) is 3.25. The van der Waals surface area contributed by atoms with Gasteiger partial charge in [-0.3, -0.25) is 0 Å². The summed E-state index contributed by atoms with van der Waals surface area (Å²) in [4.78, 5) is 11.2. The molecule has 0 unspecified atom stereocenters. The van der Waals surface area contributed by atoms with E-state index in [1.807, 2.05) is 0 Å². The van der Waals surface area contributed by atoms with E-state index in [-0.39, 0.29) is 5.69 Å². The number of hydrogen-bond acceptors (Lipinski definition) is 5. The van der Waals surface area contributed by atoms with Crippen molar-refractivity contribution < 1.29 is 9.53 Å². The van der Waals surface area contributed by atoms with E-state index < -0.39 is 5.97 Å². The number of carbonyl (C=O) groups excluding carboxylic acids is 1. The standard InChI is InChI=1S/C9H11N3O2/c1-14-9(13)7-4-6(5-2-3-5)8(10)12-11-7/h4-5H,2-3H2,1H3,(H2,10,12). The molecule has 0 aliphatic heterocycles. The van der Waals surface area contributed by atoms with Crippen LogP contribution in [-0.4, -0.2) is 23.3 Å². The average molecular weight is 193 g/mol. The topological polar surface area (TPSA) is 78.1 Å². The number of rotatable bonds is 2. The third-order valence-corrected chi connectivity index (χ3v) is 2.27. The highest BCUT2D eigenvalue weighted by Gasteiger charge is 2.27. The molecule has 1 heterocycles. The molecule has 74 valence electrons. The summed E-state index contributed by atoms with van der Waals surface area (Å²) in [6, 6.07) is 1.67. The van der Waals surface area contributed by atoms with E-state index in [0.717, 1.165) is 18.4 Å². The van der Waals surface area contributed by atoms with Crippen molar-refractivity contribution in [1.82, 2.24) is 10.2 Å². The van der Waals surface area contributed by atoms with Crippen LogP contribution in [0.1, 0.15) is 34.8 Å². The number of aromatic nitrogens is 2. The van der Waals surface area contributed by atoms with Gasteiger partial charge in [0.1, 0.15) is 5.82 Å². The highest BCUT2D eigenvalue weighted by Crippen LogP contribution is 2.42. The Morgan fingerprint density at radius 3 is 2.86 bits per heavy atom. The van der Waals surface area contributed by atoms with Gasteiger partial charge in [0.25, 0.3) is 0 Å². The number of esters is 1. The number of nitrogens with two attached hydrogens (primary N) is 1. The van der Waals surface area contributed by atoms with Crippen LogP contribution in [0.15, 0.2) is 6.07 Å². The zero-order chi connectivity index (χ0) is 10.1. The number of nitrogens with zero attached hydrogens (tertiary/aromatic N) is 2. The molecule has 0 radical (unpaired) electrons. The number of ether oxygens (including phenoxy) is 1. The molecule has 1 aromatic heterocycles. The van der Waals surface area contributed by atoms with Crippen LogP contribution < -0.4 is 5.73 Å². The van der Waals surface area contributed by atoms with E-state index in [2.05, 4.69) is 14.9 Å². The Hall–Kier alpha value is -1.65. The van der Waals surface area contributed by atoms with E-state index in [1.54, 1.807) is 6.07 Å². The molecule has 14 heavy (non-hydrogen) atoms. The van der Waals surface area contributed by atoms with Crippen LogP contribution in [-0.2, 0) is 4.74 Å². The maximum absolute atomic E-state index is 11.2. The Kier molecular flexibility index (Phi) is 2.07. The molecule has 5 heteroatoms. The molecule has 1 fully saturated rings. The Morgan fingerprint density at radius 2 is 2.29 bits per heavy atom. The van der Waals surface area contributed by atoms with Gasteiger partial charge in [0.2, 0.25) is 0 Å². The second-order valence-corrected chi connectivity index (χ2v) is 3.34. The Bertz CT molecular complexity index is 374. The molecule has 1 saturated carbocycles. The SMILES string of the molecule is COC(=O)c1cc(C2CC2)c(N)nn1. The lowest BCUT2D eigenvalue weighted by atomic mass is 10.1. The average Bonchev–Trinajstić information content (AvgIpc) is 3.01. The van der Waals surface area contributed by atoms with Gasteiger partial charge in [-0.15, -0.1) is 10.2 Å². The fourth-order valence-corrected chi connectivity index (χ4v) is 1.34. The first-order valence-electron chi connectivity index (χ1n) is 4.43. The van der Waals surface area contributed by atoms with Gasteiger partial charge in [0.15, 0.2) is 5.69 Å². The van der Waals surface area contributed by atoms with Crippen LogP contribution >= 0.6 is 0 Å². The van der Waals surface area contributed by atoms with Crippen molar-refractivity contribution in [2.24, 2.45) is 0 Å². The Morgan fingerprint density at radius 1 is 1.57 bits per heavy atom. The monoisotopic (exact) mass is 193 g/mol. The van der Waals surface area contributed by atoms with Gasteiger partial charge in [-0.1, -0.05) is 0 Å². The quantitative estimate of drug-likeness (QED) is 0.700. The molecule has 0 amide bonds. The van der Waals surface area contributed by atoms with E-state index >= 15 is 0 Å². The van der Waals surface area contributed by atoms with Crippen LogP contribution in [0.2, 0.25) is 0 Å². The minimum Gasteiger partial charge on any atom is -0.464 e. The molecule has 0 spiro atoms. The number of hydrogen-bond donors (Lipinski definition) is 1. The number of methoxy groups -OCH3 is 1. The first kappa shape index (κ1) is 8.93. The van der Waals surface area contributed by atoms with E-state index in [0.29, 0.717) is 11.7 Å². The lowest BCUT2D eigenvalue weighted by molar-refractivity contribution is 0.0592. The van der Waals surface area contributed by atoms with Crippen molar-refractivity contribution in [3.8, 4) is 0 Å². The van der Waals surface area contributed by atoms with Gasteiger partial charge in [-0.25, -0.2) is 4.79 Å². The van der Waals surface area contributed by atoms with Crippen LogP contribution in [0.5, 0.6) is 0 Å². The molecule has 0 saturated heterocycles. The Balaban J connectivity index is 2.35. The molecule has 0 aromatic carbocycles. The highest BCUT2D eigenvalue weighted by molar-refractivity contribution is 5.87.